The molecule has 26 heavy (non-hydrogen) atoms. The summed E-state index contributed by atoms with van der Waals surface area (Å²) in [5.74, 6) is -1.17. The molecule has 0 aliphatic rings. The molecular formula is C18H13ClN2O5. The second-order valence-corrected chi connectivity index (χ2v) is 5.67. The van der Waals surface area contributed by atoms with E-state index in [0.29, 0.717) is 16.0 Å². The molecule has 2 amide bonds. The summed E-state index contributed by atoms with van der Waals surface area (Å²) in [6, 6.07) is 12.7. The first kappa shape index (κ1) is 17.5. The fraction of sp³-hybridized carbons (Fsp3) is 0.0556. The van der Waals surface area contributed by atoms with Crippen LogP contribution in [0.1, 0.15) is 20.7 Å². The van der Waals surface area contributed by atoms with Gasteiger partial charge in [0.15, 0.2) is 0 Å². The summed E-state index contributed by atoms with van der Waals surface area (Å²) in [5.41, 5.74) is 3.84. The highest BCUT2D eigenvalue weighted by Crippen LogP contribution is 2.22. The number of nitrogens with one attached hydrogen (secondary N) is 2. The zero-order chi connectivity index (χ0) is 18.7. The van der Waals surface area contributed by atoms with E-state index in [1.54, 1.807) is 30.3 Å². The Labute approximate surface area is 152 Å². The third-order valence-electron chi connectivity index (χ3n) is 3.58. The molecule has 1 aromatic heterocycles. The molecule has 2 aromatic carbocycles. The molecule has 0 atom stereocenters. The highest BCUT2D eigenvalue weighted by Gasteiger charge is 2.17. The molecule has 0 unspecified atom stereocenters. The van der Waals surface area contributed by atoms with Gasteiger partial charge in [-0.05, 0) is 30.3 Å². The lowest BCUT2D eigenvalue weighted by molar-refractivity contribution is 0.0843. The molecule has 0 radical (unpaired) electrons. The van der Waals surface area contributed by atoms with Crippen molar-refractivity contribution in [2.24, 2.45) is 0 Å². The Balaban J connectivity index is 1.79. The summed E-state index contributed by atoms with van der Waals surface area (Å²) in [6.45, 7) is 0. The van der Waals surface area contributed by atoms with Crippen LogP contribution in [0.3, 0.4) is 0 Å². The first-order valence-electron chi connectivity index (χ1n) is 7.46. The molecule has 0 fully saturated rings. The van der Waals surface area contributed by atoms with E-state index in [9.17, 15) is 14.4 Å². The molecule has 0 aliphatic heterocycles. The van der Waals surface area contributed by atoms with E-state index < -0.39 is 17.4 Å². The van der Waals surface area contributed by atoms with Crippen LogP contribution in [0.4, 0.5) is 0 Å². The number of methoxy groups -OCH3 is 1. The van der Waals surface area contributed by atoms with Crippen LogP contribution in [-0.2, 0) is 0 Å². The van der Waals surface area contributed by atoms with Gasteiger partial charge in [0.25, 0.3) is 11.8 Å². The minimum atomic E-state index is -0.809. The van der Waals surface area contributed by atoms with E-state index in [4.69, 9.17) is 20.8 Å². The van der Waals surface area contributed by atoms with Gasteiger partial charge in [-0.15, -0.1) is 0 Å². The molecule has 3 aromatic rings. The number of ether oxygens (including phenoxy) is 1. The van der Waals surface area contributed by atoms with Crippen LogP contribution in [0.2, 0.25) is 5.02 Å². The predicted molar refractivity (Wildman–Crippen MR) is 95.4 cm³/mol. The quantitative estimate of drug-likeness (QED) is 0.544. The van der Waals surface area contributed by atoms with Crippen molar-refractivity contribution in [2.45, 2.75) is 0 Å². The van der Waals surface area contributed by atoms with Gasteiger partial charge in [-0.1, -0.05) is 29.8 Å². The maximum absolute atomic E-state index is 12.2. The van der Waals surface area contributed by atoms with E-state index in [-0.39, 0.29) is 16.9 Å². The second-order valence-electron chi connectivity index (χ2n) is 5.24. The lowest BCUT2D eigenvalue weighted by Gasteiger charge is -2.10. The van der Waals surface area contributed by atoms with Crippen molar-refractivity contribution in [1.82, 2.24) is 10.9 Å². The standard InChI is InChI=1S/C18H13ClN2O5/c1-25-15-7-6-11(19)9-12(15)16(22)20-21-17(23)13-8-10-4-2-3-5-14(10)26-18(13)24/h2-9H,1H3,(H,20,22)(H,21,23). The van der Waals surface area contributed by atoms with Crippen molar-refractivity contribution in [1.29, 1.82) is 0 Å². The third-order valence-corrected chi connectivity index (χ3v) is 3.82. The summed E-state index contributed by atoms with van der Waals surface area (Å²) >= 11 is 5.88. The SMILES string of the molecule is COc1ccc(Cl)cc1C(=O)NNC(=O)c1cc2ccccc2oc1=O. The van der Waals surface area contributed by atoms with Gasteiger partial charge in [0.1, 0.15) is 16.9 Å². The van der Waals surface area contributed by atoms with E-state index >= 15 is 0 Å². The number of hydrazine groups is 1. The number of carbonyl (C=O) groups excluding carboxylic acids is 2. The monoisotopic (exact) mass is 372 g/mol. The normalized spacial score (nSPS) is 10.4. The van der Waals surface area contributed by atoms with E-state index in [1.165, 1.54) is 25.3 Å². The Bertz CT molecular complexity index is 1060. The predicted octanol–water partition coefficient (Wildman–Crippen LogP) is 2.53. The summed E-state index contributed by atoms with van der Waals surface area (Å²) in [7, 11) is 1.40. The van der Waals surface area contributed by atoms with Crippen molar-refractivity contribution in [3.63, 3.8) is 0 Å². The lowest BCUT2D eigenvalue weighted by atomic mass is 10.2. The number of benzene rings is 2. The molecule has 7 nitrogen and oxygen atoms in total. The van der Waals surface area contributed by atoms with Gasteiger partial charge >= 0.3 is 5.63 Å². The number of hydrogen-bond acceptors (Lipinski definition) is 5. The van der Waals surface area contributed by atoms with Crippen molar-refractivity contribution in [3.05, 3.63) is 75.1 Å². The van der Waals surface area contributed by atoms with E-state index in [0.717, 1.165) is 0 Å². The van der Waals surface area contributed by atoms with Gasteiger partial charge in [0, 0.05) is 10.4 Å². The van der Waals surface area contributed by atoms with Crippen LogP contribution in [0, 0.1) is 0 Å². The van der Waals surface area contributed by atoms with Crippen LogP contribution in [0.5, 0.6) is 5.75 Å². The summed E-state index contributed by atoms with van der Waals surface area (Å²) in [5, 5.41) is 0.914. The van der Waals surface area contributed by atoms with Gasteiger partial charge < -0.3 is 9.15 Å². The maximum Gasteiger partial charge on any atom is 0.349 e. The topological polar surface area (TPSA) is 97.6 Å². The molecule has 0 saturated heterocycles. The van der Waals surface area contributed by atoms with E-state index in [2.05, 4.69) is 10.9 Å². The van der Waals surface area contributed by atoms with Crippen molar-refractivity contribution < 1.29 is 18.7 Å². The molecule has 132 valence electrons. The van der Waals surface area contributed by atoms with Crippen molar-refractivity contribution >= 4 is 34.4 Å². The van der Waals surface area contributed by atoms with Crippen LogP contribution in [-0.4, -0.2) is 18.9 Å². The highest BCUT2D eigenvalue weighted by atomic mass is 35.5. The number of carbonyl (C=O) groups is 2. The van der Waals surface area contributed by atoms with Gasteiger partial charge in [-0.2, -0.15) is 0 Å². The van der Waals surface area contributed by atoms with Crippen LogP contribution < -0.4 is 21.2 Å². The Morgan fingerprint density at radius 3 is 2.42 bits per heavy atom. The minimum Gasteiger partial charge on any atom is -0.496 e. The Morgan fingerprint density at radius 1 is 1.00 bits per heavy atom. The lowest BCUT2D eigenvalue weighted by Crippen LogP contribution is -2.43. The van der Waals surface area contributed by atoms with Crippen molar-refractivity contribution in [3.8, 4) is 5.75 Å². The number of amides is 2. The zero-order valence-corrected chi connectivity index (χ0v) is 14.3. The zero-order valence-electron chi connectivity index (χ0n) is 13.5. The average Bonchev–Trinajstić information content (AvgIpc) is 2.65. The second kappa shape index (κ2) is 7.28. The Morgan fingerprint density at radius 2 is 1.69 bits per heavy atom. The summed E-state index contributed by atoms with van der Waals surface area (Å²) < 4.78 is 10.2. The van der Waals surface area contributed by atoms with Crippen LogP contribution in [0.15, 0.2) is 57.7 Å². The fourth-order valence-electron chi connectivity index (χ4n) is 2.33. The molecular weight excluding hydrogens is 360 g/mol. The maximum atomic E-state index is 12.2. The van der Waals surface area contributed by atoms with Gasteiger partial charge in [0.2, 0.25) is 0 Å². The number of halogens is 1. The number of rotatable bonds is 3. The Kier molecular flexibility index (Phi) is 4.90. The summed E-state index contributed by atoms with van der Waals surface area (Å²) in [6.07, 6.45) is 0. The molecule has 8 heteroatoms. The van der Waals surface area contributed by atoms with Gasteiger partial charge in [-0.25, -0.2) is 4.79 Å². The minimum absolute atomic E-state index is 0.130. The molecule has 1 heterocycles. The first-order valence-corrected chi connectivity index (χ1v) is 7.84. The molecule has 0 spiro atoms. The number of fused-ring (bicyclic) bond motifs is 1. The van der Waals surface area contributed by atoms with Gasteiger partial charge in [-0.3, -0.25) is 20.4 Å². The Hall–Kier alpha value is -3.32. The molecule has 0 saturated carbocycles. The van der Waals surface area contributed by atoms with E-state index in [1.807, 2.05) is 0 Å². The van der Waals surface area contributed by atoms with Crippen LogP contribution in [0.25, 0.3) is 11.0 Å². The highest BCUT2D eigenvalue weighted by molar-refractivity contribution is 6.31. The van der Waals surface area contributed by atoms with Gasteiger partial charge in [0.05, 0.1) is 12.7 Å². The molecule has 0 bridgehead atoms. The third kappa shape index (κ3) is 3.52. The van der Waals surface area contributed by atoms with Crippen molar-refractivity contribution in [2.75, 3.05) is 7.11 Å². The number of para-hydroxylation sites is 1. The molecule has 0 aliphatic carbocycles. The smallest absolute Gasteiger partial charge is 0.349 e. The fourth-order valence-corrected chi connectivity index (χ4v) is 2.50. The first-order chi connectivity index (χ1) is 12.5. The van der Waals surface area contributed by atoms with Crippen LogP contribution >= 0.6 is 11.6 Å². The largest absolute Gasteiger partial charge is 0.496 e. The summed E-state index contributed by atoms with van der Waals surface area (Å²) in [4.78, 5) is 36.4. The average molecular weight is 373 g/mol. The molecule has 3 rings (SSSR count). The number of hydrogen-bond donors (Lipinski definition) is 2. The molecule has 2 N–H and O–H groups in total.